The van der Waals surface area contributed by atoms with E-state index in [2.05, 4.69) is 15.9 Å². The average molecular weight is 553 g/mol. The van der Waals surface area contributed by atoms with Crippen molar-refractivity contribution in [3.8, 4) is 0 Å². The van der Waals surface area contributed by atoms with Gasteiger partial charge in [0, 0.05) is 32.5 Å². The van der Waals surface area contributed by atoms with Crippen molar-refractivity contribution in [2.75, 3.05) is 6.61 Å². The molecule has 0 radical (unpaired) electrons. The minimum atomic E-state index is -1.44. The van der Waals surface area contributed by atoms with E-state index in [1.807, 2.05) is 0 Å². The Balaban J connectivity index is 2.14. The predicted octanol–water partition coefficient (Wildman–Crippen LogP) is 0.785. The van der Waals surface area contributed by atoms with Crippen LogP contribution in [0.5, 0.6) is 0 Å². The Morgan fingerprint density at radius 3 is 2.11 bits per heavy atom. The zero-order chi connectivity index (χ0) is 25.9. The maximum Gasteiger partial charge on any atom is 0.340 e. The summed E-state index contributed by atoms with van der Waals surface area (Å²) in [6.07, 6.45) is -4.15. The normalized spacial score (nSPS) is 21.3. The molecule has 186 valence electrons. The minimum Gasteiger partial charge on any atom is -0.463 e. The maximum absolute atomic E-state index is 13.3. The second-order valence-electron chi connectivity index (χ2n) is 7.49. The van der Waals surface area contributed by atoms with Crippen LogP contribution in [0.4, 0.5) is 0 Å². The van der Waals surface area contributed by atoms with Gasteiger partial charge in [0.15, 0.2) is 18.4 Å². The van der Waals surface area contributed by atoms with Crippen LogP contribution in [0.3, 0.4) is 0 Å². The number of carbonyl (C=O) groups is 4. The third kappa shape index (κ3) is 5.74. The molecule has 0 amide bonds. The van der Waals surface area contributed by atoms with Gasteiger partial charge in [0.25, 0.3) is 11.5 Å². The Hall–Kier alpha value is -3.58. The maximum atomic E-state index is 13.3. The molecule has 1 fully saturated rings. The summed E-state index contributed by atoms with van der Waals surface area (Å²) >= 11 is 3.05. The van der Waals surface area contributed by atoms with Crippen molar-refractivity contribution in [2.24, 2.45) is 0 Å². The van der Waals surface area contributed by atoms with Gasteiger partial charge in [-0.3, -0.25) is 28.5 Å². The quantitative estimate of drug-likeness (QED) is 0.371. The van der Waals surface area contributed by atoms with Crippen molar-refractivity contribution in [1.29, 1.82) is 0 Å². The van der Waals surface area contributed by atoms with Crippen LogP contribution in [-0.4, -0.2) is 57.9 Å². The third-order valence-corrected chi connectivity index (χ3v) is 5.45. The second kappa shape index (κ2) is 10.8. The van der Waals surface area contributed by atoms with Crippen LogP contribution in [0.2, 0.25) is 0 Å². The molecule has 0 spiro atoms. The second-order valence-corrected chi connectivity index (χ2v) is 8.35. The number of carbonyl (C=O) groups excluding carboxylic acids is 4. The molecule has 35 heavy (non-hydrogen) atoms. The third-order valence-electron chi connectivity index (χ3n) is 4.91. The molecule has 1 aromatic carbocycles. The van der Waals surface area contributed by atoms with Crippen molar-refractivity contribution in [2.45, 2.75) is 45.3 Å². The van der Waals surface area contributed by atoms with Crippen molar-refractivity contribution >= 4 is 39.7 Å². The Morgan fingerprint density at radius 1 is 0.943 bits per heavy atom. The van der Waals surface area contributed by atoms with E-state index in [0.717, 1.165) is 31.5 Å². The number of benzene rings is 1. The lowest BCUT2D eigenvalue weighted by Crippen LogP contribution is -2.47. The van der Waals surface area contributed by atoms with Crippen molar-refractivity contribution in [1.82, 2.24) is 9.13 Å². The topological polar surface area (TPSA) is 149 Å². The van der Waals surface area contributed by atoms with Gasteiger partial charge < -0.3 is 18.9 Å². The molecule has 2 aromatic rings. The molecule has 4 atom stereocenters. The first kappa shape index (κ1) is 26.0. The van der Waals surface area contributed by atoms with Crippen LogP contribution in [0.15, 0.2) is 50.6 Å². The highest BCUT2D eigenvalue weighted by molar-refractivity contribution is 9.10. The first-order valence-electron chi connectivity index (χ1n) is 10.3. The number of esters is 3. The molecule has 2 heterocycles. The van der Waals surface area contributed by atoms with Gasteiger partial charge in [-0.2, -0.15) is 4.57 Å². The molecule has 1 aromatic heterocycles. The van der Waals surface area contributed by atoms with E-state index >= 15 is 0 Å². The van der Waals surface area contributed by atoms with Gasteiger partial charge in [-0.1, -0.05) is 18.2 Å². The summed E-state index contributed by atoms with van der Waals surface area (Å²) < 4.78 is 22.5. The molecule has 12 nitrogen and oxygen atoms in total. The molecular formula is C22H21BrN2O10. The first-order chi connectivity index (χ1) is 16.5. The molecular weight excluding hydrogens is 532 g/mol. The van der Waals surface area contributed by atoms with Gasteiger partial charge in [-0.05, 0) is 28.1 Å². The number of hydrogen-bond donors (Lipinski definition) is 0. The number of halogens is 1. The van der Waals surface area contributed by atoms with Crippen molar-refractivity contribution in [3.63, 3.8) is 0 Å². The molecule has 0 bridgehead atoms. The van der Waals surface area contributed by atoms with Crippen molar-refractivity contribution < 1.29 is 38.1 Å². The molecule has 0 N–H and O–H groups in total. The summed E-state index contributed by atoms with van der Waals surface area (Å²) in [7, 11) is 0. The van der Waals surface area contributed by atoms with E-state index in [1.165, 1.54) is 12.1 Å². The van der Waals surface area contributed by atoms with E-state index in [9.17, 15) is 28.8 Å². The average Bonchev–Trinajstić information content (AvgIpc) is 3.11. The van der Waals surface area contributed by atoms with Crippen LogP contribution < -0.4 is 11.2 Å². The van der Waals surface area contributed by atoms with Gasteiger partial charge in [-0.15, -0.1) is 0 Å². The van der Waals surface area contributed by atoms with Gasteiger partial charge >= 0.3 is 23.6 Å². The van der Waals surface area contributed by atoms with E-state index < -0.39 is 59.6 Å². The number of aromatic nitrogens is 2. The summed E-state index contributed by atoms with van der Waals surface area (Å²) in [6, 6.07) is 7.65. The van der Waals surface area contributed by atoms with Gasteiger partial charge in [0.05, 0.1) is 4.47 Å². The lowest BCUT2D eigenvalue weighted by Gasteiger charge is -2.24. The van der Waals surface area contributed by atoms with Crippen LogP contribution in [0.25, 0.3) is 0 Å². The predicted molar refractivity (Wildman–Crippen MR) is 120 cm³/mol. The molecule has 0 saturated carbocycles. The highest BCUT2D eigenvalue weighted by atomic mass is 79.9. The molecule has 1 saturated heterocycles. The summed E-state index contributed by atoms with van der Waals surface area (Å²) in [4.78, 5) is 73.9. The minimum absolute atomic E-state index is 0.0748. The summed E-state index contributed by atoms with van der Waals surface area (Å²) in [5.74, 6) is -3.08. The fraction of sp³-hybridized carbons (Fsp3) is 0.364. The molecule has 1 aliphatic rings. The fourth-order valence-electron chi connectivity index (χ4n) is 3.53. The van der Waals surface area contributed by atoms with E-state index in [-0.39, 0.29) is 16.6 Å². The number of ether oxygens (including phenoxy) is 4. The standard InChI is InChI=1S/C22H21BrN2O10/c1-11(26)32-10-16-17(33-12(2)27)18(34-13(3)28)21(35-16)24-9-15(23)20(30)25(22(24)31)19(29)14-7-5-4-6-8-14/h4-9,16-18,21H,10H2,1-3H3/t16-,17?,18+,21-/m1/s1. The zero-order valence-corrected chi connectivity index (χ0v) is 20.4. The SMILES string of the molecule is CC(=O)OC[C@H]1O[C@@H](n2cc(Br)c(=O)n(C(=O)c3ccccc3)c2=O)[C@@H](OC(C)=O)C1OC(C)=O. The van der Waals surface area contributed by atoms with E-state index in [4.69, 9.17) is 18.9 Å². The van der Waals surface area contributed by atoms with Gasteiger partial charge in [-0.25, -0.2) is 4.79 Å². The highest BCUT2D eigenvalue weighted by Crippen LogP contribution is 2.34. The smallest absolute Gasteiger partial charge is 0.340 e. The summed E-state index contributed by atoms with van der Waals surface area (Å²) in [5, 5.41) is 0. The molecule has 0 aliphatic carbocycles. The highest BCUT2D eigenvalue weighted by Gasteiger charge is 2.51. The zero-order valence-electron chi connectivity index (χ0n) is 18.8. The fourth-order valence-corrected chi connectivity index (χ4v) is 3.93. The molecule has 3 rings (SSSR count). The van der Waals surface area contributed by atoms with Gasteiger partial charge in [0.1, 0.15) is 12.7 Å². The van der Waals surface area contributed by atoms with E-state index in [0.29, 0.717) is 4.57 Å². The monoisotopic (exact) mass is 552 g/mol. The summed E-state index contributed by atoms with van der Waals surface area (Å²) in [5.41, 5.74) is -1.94. The lowest BCUT2D eigenvalue weighted by atomic mass is 10.1. The van der Waals surface area contributed by atoms with E-state index in [1.54, 1.807) is 18.2 Å². The number of hydrogen-bond acceptors (Lipinski definition) is 10. The van der Waals surface area contributed by atoms with Crippen LogP contribution in [-0.2, 0) is 33.3 Å². The van der Waals surface area contributed by atoms with Crippen LogP contribution in [0.1, 0.15) is 37.4 Å². The molecule has 1 aliphatic heterocycles. The van der Waals surface area contributed by atoms with Crippen LogP contribution in [0, 0.1) is 0 Å². The first-order valence-corrected chi connectivity index (χ1v) is 11.1. The van der Waals surface area contributed by atoms with Gasteiger partial charge in [0.2, 0.25) is 0 Å². The Morgan fingerprint density at radius 2 is 1.54 bits per heavy atom. The summed E-state index contributed by atoms with van der Waals surface area (Å²) in [6.45, 7) is 2.98. The molecule has 13 heteroatoms. The number of nitrogens with zero attached hydrogens (tertiary/aromatic N) is 2. The largest absolute Gasteiger partial charge is 0.463 e. The number of rotatable bonds is 6. The Bertz CT molecular complexity index is 1270. The Kier molecular flexibility index (Phi) is 8.02. The van der Waals surface area contributed by atoms with Crippen LogP contribution >= 0.6 is 15.9 Å². The molecule has 1 unspecified atom stereocenters. The Labute approximate surface area is 206 Å². The van der Waals surface area contributed by atoms with Crippen molar-refractivity contribution in [3.05, 3.63) is 67.4 Å². The lowest BCUT2D eigenvalue weighted by molar-refractivity contribution is -0.166.